The molecule has 1 unspecified atom stereocenters. The van der Waals surface area contributed by atoms with Crippen LogP contribution in [0.15, 0.2) is 47.6 Å². The molecule has 2 aliphatic heterocycles. The number of rotatable bonds is 8. The van der Waals surface area contributed by atoms with Gasteiger partial charge in [0.1, 0.15) is 46.0 Å². The van der Waals surface area contributed by atoms with Gasteiger partial charge in [-0.3, -0.25) is 28.9 Å². The van der Waals surface area contributed by atoms with Crippen LogP contribution in [0, 0.1) is 12.3 Å². The number of piperidine rings is 1. The van der Waals surface area contributed by atoms with Crippen molar-refractivity contribution < 1.29 is 27.6 Å². The first kappa shape index (κ1) is 35.0. The van der Waals surface area contributed by atoms with Gasteiger partial charge < -0.3 is 14.8 Å². The van der Waals surface area contributed by atoms with Crippen LogP contribution in [0.2, 0.25) is 0 Å². The lowest BCUT2D eigenvalue weighted by Gasteiger charge is -2.30. The number of nitrogens with one attached hydrogen (secondary N) is 1. The quantitative estimate of drug-likeness (QED) is 0.171. The normalized spacial score (nSPS) is 21.1. The molecule has 0 spiro atoms. The Hall–Kier alpha value is -5.10. The van der Waals surface area contributed by atoms with Gasteiger partial charge in [0.2, 0.25) is 11.8 Å². The molecule has 8 rings (SSSR count). The molecule has 2 fully saturated rings. The summed E-state index contributed by atoms with van der Waals surface area (Å²) in [7, 11) is 0. The summed E-state index contributed by atoms with van der Waals surface area (Å²) in [5.74, 6) is 0.215. The van der Waals surface area contributed by atoms with Crippen LogP contribution in [0.25, 0.3) is 22.2 Å². The van der Waals surface area contributed by atoms with Gasteiger partial charge in [0.15, 0.2) is 5.78 Å². The minimum atomic E-state index is -4.49. The van der Waals surface area contributed by atoms with Crippen LogP contribution in [-0.2, 0) is 41.9 Å². The Morgan fingerprint density at radius 1 is 1.04 bits per heavy atom. The summed E-state index contributed by atoms with van der Waals surface area (Å²) in [6.07, 6.45) is 2.44. The number of hydrogen-bond donors (Lipinski definition) is 1. The van der Waals surface area contributed by atoms with E-state index in [2.05, 4.69) is 58.2 Å². The number of amides is 2. The zero-order chi connectivity index (χ0) is 37.4. The number of aromatic nitrogens is 8. The van der Waals surface area contributed by atoms with Crippen LogP contribution in [0.3, 0.4) is 0 Å². The summed E-state index contributed by atoms with van der Waals surface area (Å²) in [4.78, 5) is 65.9. The standard InChI is InChI=1S/C35H33BrF3N11O3/c1-18(51)31-22-8-23(21-11-40-19(2)41-12-21)42-13-25(22)49(46-31)17-30(52)50-24(9-34(3)10-26(34)50)33(53)45-32-20(4-5-28(36)44-32)15-47-6-7-48-27(35(37,38)39)14-43-29(48)16-47/h4-5,8,11-14,24,26H,6-7,9-10,15-17H2,1-3H3,(H,44,45,53)/t24-,26?,34-/m0/s1. The van der Waals surface area contributed by atoms with Crippen LogP contribution in [0.5, 0.6) is 0 Å². The first-order valence-electron chi connectivity index (χ1n) is 17.0. The lowest BCUT2D eigenvalue weighted by molar-refractivity contribution is -0.144. The van der Waals surface area contributed by atoms with Gasteiger partial charge in [0.05, 0.1) is 30.1 Å². The Labute approximate surface area is 309 Å². The fourth-order valence-electron chi connectivity index (χ4n) is 7.52. The zero-order valence-corrected chi connectivity index (χ0v) is 30.4. The first-order chi connectivity index (χ1) is 25.2. The van der Waals surface area contributed by atoms with Crippen molar-refractivity contribution in [2.75, 3.05) is 11.9 Å². The molecule has 2 amide bonds. The van der Waals surface area contributed by atoms with Crippen LogP contribution >= 0.6 is 15.9 Å². The van der Waals surface area contributed by atoms with Gasteiger partial charge in [-0.1, -0.05) is 13.0 Å². The van der Waals surface area contributed by atoms with Gasteiger partial charge in [0, 0.05) is 61.5 Å². The Morgan fingerprint density at radius 2 is 1.81 bits per heavy atom. The molecule has 53 heavy (non-hydrogen) atoms. The number of carbonyl (C=O) groups excluding carboxylic acids is 3. The fourth-order valence-corrected chi connectivity index (χ4v) is 7.83. The number of nitrogens with zero attached hydrogens (tertiary/aromatic N) is 10. The number of anilines is 1. The second-order valence-corrected chi connectivity index (χ2v) is 14.9. The molecule has 14 nitrogen and oxygen atoms in total. The Kier molecular flexibility index (Phi) is 8.43. The van der Waals surface area contributed by atoms with E-state index in [9.17, 15) is 27.6 Å². The van der Waals surface area contributed by atoms with Gasteiger partial charge in [0.25, 0.3) is 0 Å². The minimum absolute atomic E-state index is 0.118. The van der Waals surface area contributed by atoms with E-state index in [1.807, 2.05) is 4.90 Å². The van der Waals surface area contributed by atoms with Gasteiger partial charge in [-0.15, -0.1) is 0 Å². The third-order valence-electron chi connectivity index (χ3n) is 10.4. The number of fused-ring (bicyclic) bond motifs is 3. The van der Waals surface area contributed by atoms with Crippen molar-refractivity contribution in [1.29, 1.82) is 0 Å². The number of imidazole rings is 1. The number of aryl methyl sites for hydroxylation is 1. The summed E-state index contributed by atoms with van der Waals surface area (Å²) in [5, 5.41) is 8.00. The lowest BCUT2D eigenvalue weighted by atomic mass is 10.0. The average molecular weight is 793 g/mol. The Morgan fingerprint density at radius 3 is 2.55 bits per heavy atom. The van der Waals surface area contributed by atoms with Gasteiger partial charge >= 0.3 is 6.18 Å². The van der Waals surface area contributed by atoms with Crippen LogP contribution in [-0.4, -0.2) is 85.3 Å². The maximum Gasteiger partial charge on any atom is 0.433 e. The summed E-state index contributed by atoms with van der Waals surface area (Å²) < 4.78 is 43.4. The average Bonchev–Trinajstić information content (AvgIpc) is 3.40. The molecule has 5 aromatic rings. The van der Waals surface area contributed by atoms with Crippen molar-refractivity contribution >= 4 is 50.2 Å². The highest BCUT2D eigenvalue weighted by Gasteiger charge is 2.64. The minimum Gasteiger partial charge on any atom is -0.325 e. The summed E-state index contributed by atoms with van der Waals surface area (Å²) >= 11 is 3.38. The number of halogens is 4. The highest BCUT2D eigenvalue weighted by atomic mass is 79.9. The van der Waals surface area contributed by atoms with Gasteiger partial charge in [-0.05, 0) is 53.2 Å². The van der Waals surface area contributed by atoms with Crippen molar-refractivity contribution in [1.82, 2.24) is 49.1 Å². The van der Waals surface area contributed by atoms with Crippen LogP contribution in [0.4, 0.5) is 19.0 Å². The second-order valence-electron chi connectivity index (χ2n) is 14.1. The number of hydrogen-bond acceptors (Lipinski definition) is 10. The van der Waals surface area contributed by atoms with Crippen molar-refractivity contribution in [2.24, 2.45) is 5.41 Å². The van der Waals surface area contributed by atoms with E-state index in [0.29, 0.717) is 63.5 Å². The fraction of sp³-hybridized carbons (Fsp3) is 0.400. The Balaban J connectivity index is 1.01. The maximum absolute atomic E-state index is 14.1. The molecular formula is C35H33BrF3N11O3. The molecule has 7 heterocycles. The SMILES string of the molecule is CC(=O)c1nn(CC(=O)N2C3C[C@]3(C)C[C@H]2C(=O)Nc2nc(Br)ccc2CN2CCn3c(C(F)(F)F)cnc3C2)c2cnc(-c3cnc(C)nc3)cc12. The largest absolute Gasteiger partial charge is 0.433 e. The molecule has 3 aliphatic rings. The highest BCUT2D eigenvalue weighted by Crippen LogP contribution is 2.59. The molecule has 0 aromatic carbocycles. The maximum atomic E-state index is 14.1. The predicted molar refractivity (Wildman–Crippen MR) is 187 cm³/mol. The second kappa shape index (κ2) is 12.8. The monoisotopic (exact) mass is 791 g/mol. The number of ketones is 1. The first-order valence-corrected chi connectivity index (χ1v) is 17.8. The van der Waals surface area contributed by atoms with Gasteiger partial charge in [-0.25, -0.2) is 19.9 Å². The molecule has 18 heteroatoms. The molecule has 0 bridgehead atoms. The summed E-state index contributed by atoms with van der Waals surface area (Å²) in [6.45, 7) is 5.97. The van der Waals surface area contributed by atoms with Crippen LogP contribution < -0.4 is 5.32 Å². The van der Waals surface area contributed by atoms with Crippen LogP contribution in [0.1, 0.15) is 60.1 Å². The molecule has 1 saturated carbocycles. The number of Topliss-reactive ketones (excluding diaryl/α,β-unsaturated/α-hetero) is 1. The topological polar surface area (TPSA) is 157 Å². The summed E-state index contributed by atoms with van der Waals surface area (Å²) in [5.41, 5.74) is 1.58. The van der Waals surface area contributed by atoms with Crippen molar-refractivity contribution in [3.63, 3.8) is 0 Å². The molecule has 0 radical (unpaired) electrons. The Bertz CT molecular complexity index is 2310. The van der Waals surface area contributed by atoms with E-state index in [1.54, 1.807) is 48.6 Å². The van der Waals surface area contributed by atoms with Gasteiger partial charge in [-0.2, -0.15) is 18.3 Å². The molecule has 1 aliphatic carbocycles. The number of alkyl halides is 3. The third-order valence-corrected chi connectivity index (χ3v) is 10.8. The lowest BCUT2D eigenvalue weighted by Crippen LogP contribution is -2.47. The molecule has 3 atom stereocenters. The van der Waals surface area contributed by atoms with E-state index in [4.69, 9.17) is 0 Å². The van der Waals surface area contributed by atoms with E-state index < -0.39 is 23.8 Å². The zero-order valence-electron chi connectivity index (χ0n) is 28.9. The highest BCUT2D eigenvalue weighted by molar-refractivity contribution is 9.10. The van der Waals surface area contributed by atoms with E-state index in [1.165, 1.54) is 16.2 Å². The van der Waals surface area contributed by atoms with Crippen molar-refractivity contribution in [3.05, 3.63) is 76.2 Å². The van der Waals surface area contributed by atoms with E-state index >= 15 is 0 Å². The molecular weight excluding hydrogens is 759 g/mol. The molecule has 1 saturated heterocycles. The molecule has 5 aromatic heterocycles. The number of carbonyl (C=O) groups is 3. The molecule has 1 N–H and O–H groups in total. The van der Waals surface area contributed by atoms with Crippen molar-refractivity contribution in [3.8, 4) is 11.3 Å². The third kappa shape index (κ3) is 6.47. The summed E-state index contributed by atoms with van der Waals surface area (Å²) in [6, 6.07) is 4.34. The molecule has 274 valence electrons. The van der Waals surface area contributed by atoms with E-state index in [-0.39, 0.29) is 54.3 Å². The smallest absolute Gasteiger partial charge is 0.325 e. The predicted octanol–water partition coefficient (Wildman–Crippen LogP) is 4.81. The van der Waals surface area contributed by atoms with Crippen molar-refractivity contribution in [2.45, 2.75) is 78.1 Å². The number of pyridine rings is 2. The van der Waals surface area contributed by atoms with E-state index in [0.717, 1.165) is 12.6 Å². The number of likely N-dealkylation sites (tertiary alicyclic amines) is 1.